The third-order valence-electron chi connectivity index (χ3n) is 3.32. The summed E-state index contributed by atoms with van der Waals surface area (Å²) >= 11 is 0. The van der Waals surface area contributed by atoms with E-state index in [2.05, 4.69) is 11.3 Å². The van der Waals surface area contributed by atoms with Crippen molar-refractivity contribution in [2.75, 3.05) is 6.61 Å². The molecule has 0 amide bonds. The Balaban J connectivity index is 2.23. The van der Waals surface area contributed by atoms with Gasteiger partial charge in [0.2, 0.25) is 0 Å². The summed E-state index contributed by atoms with van der Waals surface area (Å²) in [5, 5.41) is 37.8. The maximum absolute atomic E-state index is 11.5. The number of unbranched alkanes of at least 4 members (excludes halogenated alkanes) is 1. The normalized spacial score (nSPS) is 30.5. The van der Waals surface area contributed by atoms with Crippen LogP contribution in [0, 0.1) is 0 Å². The van der Waals surface area contributed by atoms with Gasteiger partial charge in [0.15, 0.2) is 6.29 Å². The van der Waals surface area contributed by atoms with E-state index in [0.29, 0.717) is 12.8 Å². The molecule has 0 aliphatic carbocycles. The molecule has 9 nitrogen and oxygen atoms in total. The standard InChI is InChI=1S/C14H22O9/c1-2-21-9(15)5-3-4-6-10(16)22-7-8-11(17)12(18)13(19)14(20)23-8/h2,8,11-14,17-20H,1,3-7H2/t8-,11+,12+,13-,14-/m1/s1. The molecule has 1 aliphatic heterocycles. The van der Waals surface area contributed by atoms with Crippen molar-refractivity contribution < 1.29 is 44.2 Å². The first-order valence-electron chi connectivity index (χ1n) is 7.20. The molecule has 0 unspecified atom stereocenters. The zero-order chi connectivity index (χ0) is 17.4. The first-order valence-corrected chi connectivity index (χ1v) is 7.20. The lowest BCUT2D eigenvalue weighted by atomic mass is 9.99. The number of aliphatic hydroxyl groups is 4. The lowest BCUT2D eigenvalue weighted by Crippen LogP contribution is -2.58. The van der Waals surface area contributed by atoms with E-state index in [1.807, 2.05) is 0 Å². The van der Waals surface area contributed by atoms with E-state index in [4.69, 9.17) is 9.47 Å². The second-order valence-corrected chi connectivity index (χ2v) is 5.08. The summed E-state index contributed by atoms with van der Waals surface area (Å²) < 4.78 is 14.3. The molecule has 9 heteroatoms. The van der Waals surface area contributed by atoms with E-state index in [9.17, 15) is 30.0 Å². The van der Waals surface area contributed by atoms with Crippen LogP contribution in [-0.4, -0.2) is 69.7 Å². The lowest BCUT2D eigenvalue weighted by molar-refractivity contribution is -0.287. The van der Waals surface area contributed by atoms with Gasteiger partial charge in [-0.05, 0) is 12.8 Å². The van der Waals surface area contributed by atoms with Gasteiger partial charge in [-0.3, -0.25) is 9.59 Å². The predicted molar refractivity (Wildman–Crippen MR) is 74.6 cm³/mol. The van der Waals surface area contributed by atoms with Gasteiger partial charge in [0.1, 0.15) is 31.0 Å². The van der Waals surface area contributed by atoms with Crippen molar-refractivity contribution >= 4 is 11.9 Å². The summed E-state index contributed by atoms with van der Waals surface area (Å²) in [5.41, 5.74) is 0. The second kappa shape index (κ2) is 9.58. The Morgan fingerprint density at radius 2 is 1.61 bits per heavy atom. The summed E-state index contributed by atoms with van der Waals surface area (Å²) in [4.78, 5) is 22.5. The van der Waals surface area contributed by atoms with E-state index < -0.39 is 42.6 Å². The van der Waals surface area contributed by atoms with Crippen LogP contribution in [0.15, 0.2) is 12.8 Å². The minimum atomic E-state index is -1.67. The monoisotopic (exact) mass is 334 g/mol. The minimum Gasteiger partial charge on any atom is -0.463 e. The third-order valence-corrected chi connectivity index (χ3v) is 3.32. The van der Waals surface area contributed by atoms with Crippen LogP contribution in [0.2, 0.25) is 0 Å². The molecule has 0 aromatic heterocycles. The van der Waals surface area contributed by atoms with E-state index in [-0.39, 0.29) is 19.4 Å². The van der Waals surface area contributed by atoms with Gasteiger partial charge in [-0.1, -0.05) is 6.58 Å². The Morgan fingerprint density at radius 1 is 1.00 bits per heavy atom. The highest BCUT2D eigenvalue weighted by Gasteiger charge is 2.43. The van der Waals surface area contributed by atoms with Crippen molar-refractivity contribution in [3.8, 4) is 0 Å². The molecule has 0 radical (unpaired) electrons. The van der Waals surface area contributed by atoms with Gasteiger partial charge in [-0.15, -0.1) is 0 Å². The Morgan fingerprint density at radius 3 is 2.22 bits per heavy atom. The van der Waals surface area contributed by atoms with Crippen molar-refractivity contribution in [3.05, 3.63) is 12.8 Å². The second-order valence-electron chi connectivity index (χ2n) is 5.08. The van der Waals surface area contributed by atoms with Crippen molar-refractivity contribution in [3.63, 3.8) is 0 Å². The molecule has 0 bridgehead atoms. The summed E-state index contributed by atoms with van der Waals surface area (Å²) in [6.07, 6.45) is -5.45. The van der Waals surface area contributed by atoms with Gasteiger partial charge in [-0.2, -0.15) is 0 Å². The molecule has 0 aromatic rings. The average Bonchev–Trinajstić information content (AvgIpc) is 2.52. The van der Waals surface area contributed by atoms with Gasteiger partial charge in [0.05, 0.1) is 6.26 Å². The summed E-state index contributed by atoms with van der Waals surface area (Å²) in [6.45, 7) is 2.87. The van der Waals surface area contributed by atoms with Gasteiger partial charge >= 0.3 is 11.9 Å². The molecule has 23 heavy (non-hydrogen) atoms. The number of hydrogen-bond donors (Lipinski definition) is 4. The Hall–Kier alpha value is -1.52. The zero-order valence-corrected chi connectivity index (χ0v) is 12.5. The topological polar surface area (TPSA) is 143 Å². The number of rotatable bonds is 8. The third kappa shape index (κ3) is 6.24. The molecule has 0 aromatic carbocycles. The van der Waals surface area contributed by atoms with Crippen LogP contribution < -0.4 is 0 Å². The van der Waals surface area contributed by atoms with Crippen LogP contribution in [0.1, 0.15) is 25.7 Å². The molecule has 1 aliphatic rings. The Labute approximate surface area is 133 Å². The molecule has 1 heterocycles. The first-order chi connectivity index (χ1) is 10.9. The molecule has 0 spiro atoms. The molecular weight excluding hydrogens is 312 g/mol. The number of carbonyl (C=O) groups is 2. The van der Waals surface area contributed by atoms with Gasteiger partial charge in [0, 0.05) is 12.8 Å². The largest absolute Gasteiger partial charge is 0.463 e. The number of hydrogen-bond acceptors (Lipinski definition) is 9. The van der Waals surface area contributed by atoms with Crippen molar-refractivity contribution in [2.24, 2.45) is 0 Å². The van der Waals surface area contributed by atoms with Crippen LogP contribution in [0.25, 0.3) is 0 Å². The van der Waals surface area contributed by atoms with Crippen LogP contribution in [-0.2, 0) is 23.8 Å². The van der Waals surface area contributed by atoms with E-state index in [0.717, 1.165) is 6.26 Å². The molecule has 0 saturated carbocycles. The van der Waals surface area contributed by atoms with Gasteiger partial charge in [0.25, 0.3) is 0 Å². The van der Waals surface area contributed by atoms with Crippen LogP contribution >= 0.6 is 0 Å². The van der Waals surface area contributed by atoms with Crippen LogP contribution in [0.3, 0.4) is 0 Å². The first kappa shape index (κ1) is 19.5. The Bertz CT molecular complexity index is 411. The molecule has 1 fully saturated rings. The van der Waals surface area contributed by atoms with Crippen molar-refractivity contribution in [2.45, 2.75) is 56.4 Å². The molecule has 1 saturated heterocycles. The summed E-state index contributed by atoms with van der Waals surface area (Å²) in [7, 11) is 0. The number of esters is 2. The zero-order valence-electron chi connectivity index (χ0n) is 12.5. The quantitative estimate of drug-likeness (QED) is 0.239. The fourth-order valence-electron chi connectivity index (χ4n) is 2.01. The minimum absolute atomic E-state index is 0.0535. The fraction of sp³-hybridized carbons (Fsp3) is 0.714. The fourth-order valence-corrected chi connectivity index (χ4v) is 2.01. The van der Waals surface area contributed by atoms with Crippen LogP contribution in [0.5, 0.6) is 0 Å². The van der Waals surface area contributed by atoms with Crippen molar-refractivity contribution in [1.29, 1.82) is 0 Å². The molecule has 1 rings (SSSR count). The van der Waals surface area contributed by atoms with E-state index >= 15 is 0 Å². The number of aliphatic hydroxyl groups excluding tert-OH is 4. The number of ether oxygens (including phenoxy) is 3. The van der Waals surface area contributed by atoms with E-state index in [1.54, 1.807) is 0 Å². The predicted octanol–water partition coefficient (Wildman–Crippen LogP) is -1.42. The highest BCUT2D eigenvalue weighted by molar-refractivity contribution is 5.70. The maximum Gasteiger partial charge on any atom is 0.310 e. The lowest BCUT2D eigenvalue weighted by Gasteiger charge is -2.37. The molecule has 4 N–H and O–H groups in total. The smallest absolute Gasteiger partial charge is 0.310 e. The number of carbonyl (C=O) groups excluding carboxylic acids is 2. The van der Waals surface area contributed by atoms with Crippen LogP contribution in [0.4, 0.5) is 0 Å². The van der Waals surface area contributed by atoms with Gasteiger partial charge in [-0.25, -0.2) is 0 Å². The average molecular weight is 334 g/mol. The molecular formula is C14H22O9. The SMILES string of the molecule is C=COC(=O)CCCCC(=O)OC[C@H]1O[C@@H](O)[C@H](O)[C@@H](O)[C@H]1O. The molecule has 5 atom stereocenters. The summed E-state index contributed by atoms with van der Waals surface area (Å²) in [6, 6.07) is 0. The summed E-state index contributed by atoms with van der Waals surface area (Å²) in [5.74, 6) is -1.01. The van der Waals surface area contributed by atoms with Gasteiger partial charge < -0.3 is 34.6 Å². The highest BCUT2D eigenvalue weighted by Crippen LogP contribution is 2.20. The maximum atomic E-state index is 11.5. The Kier molecular flexibility index (Phi) is 8.13. The highest BCUT2D eigenvalue weighted by atomic mass is 16.6. The van der Waals surface area contributed by atoms with E-state index in [1.165, 1.54) is 0 Å². The molecule has 132 valence electrons. The van der Waals surface area contributed by atoms with Crippen molar-refractivity contribution in [1.82, 2.24) is 0 Å².